The molecule has 75 heavy (non-hydrogen) atoms. The summed E-state index contributed by atoms with van der Waals surface area (Å²) < 4.78 is 77.7. The van der Waals surface area contributed by atoms with Gasteiger partial charge in [0.25, 0.3) is 0 Å². The maximum atomic E-state index is 16.9. The van der Waals surface area contributed by atoms with Crippen LogP contribution in [0, 0.1) is 35.1 Å². The van der Waals surface area contributed by atoms with Gasteiger partial charge in [-0.2, -0.15) is 0 Å². The third-order valence-corrected chi connectivity index (χ3v) is 16.6. The molecule has 400 valence electrons. The van der Waals surface area contributed by atoms with E-state index in [0.717, 1.165) is 19.3 Å². The summed E-state index contributed by atoms with van der Waals surface area (Å²) >= 11 is 0. The molecule has 6 fully saturated rings. The molecule has 18 nitrogen and oxygen atoms in total. The first-order valence-corrected chi connectivity index (χ1v) is 26.5. The number of aromatic nitrogens is 4. The molecular weight excluding hydrogens is 981 g/mol. The Bertz CT molecular complexity index is 2790. The van der Waals surface area contributed by atoms with Crippen molar-refractivity contribution in [3.05, 3.63) is 82.4 Å². The highest BCUT2D eigenvalue weighted by Gasteiger charge is 2.44. The van der Waals surface area contributed by atoms with Crippen LogP contribution in [-0.2, 0) is 19.1 Å². The summed E-state index contributed by atoms with van der Waals surface area (Å²) in [6.07, 6.45) is 4.83. The highest BCUT2D eigenvalue weighted by Crippen LogP contribution is 2.50. The van der Waals surface area contributed by atoms with Crippen molar-refractivity contribution in [1.82, 2.24) is 40.4 Å². The van der Waals surface area contributed by atoms with Gasteiger partial charge >= 0.3 is 12.2 Å². The van der Waals surface area contributed by atoms with Crippen molar-refractivity contribution in [2.45, 2.75) is 120 Å². The van der Waals surface area contributed by atoms with Crippen LogP contribution in [0.3, 0.4) is 0 Å². The highest BCUT2D eigenvalue weighted by molar-refractivity contribution is 5.87. The van der Waals surface area contributed by atoms with Gasteiger partial charge in [-0.15, -0.1) is 0 Å². The fourth-order valence-corrected chi connectivity index (χ4v) is 13.0. The van der Waals surface area contributed by atoms with Crippen LogP contribution in [0.15, 0.2) is 36.4 Å². The van der Waals surface area contributed by atoms with E-state index in [9.17, 15) is 29.4 Å². The Morgan fingerprint density at radius 3 is 1.41 bits per heavy atom. The van der Waals surface area contributed by atoms with Gasteiger partial charge in [0, 0.05) is 81.6 Å². The predicted molar refractivity (Wildman–Crippen MR) is 266 cm³/mol. The van der Waals surface area contributed by atoms with Gasteiger partial charge in [-0.25, -0.2) is 37.1 Å². The molecule has 6 aliphatic rings. The first kappa shape index (κ1) is 50.5. The van der Waals surface area contributed by atoms with E-state index in [-0.39, 0.29) is 70.0 Å². The van der Waals surface area contributed by atoms with E-state index in [1.807, 2.05) is 0 Å². The third kappa shape index (κ3) is 9.90. The minimum Gasteiger partial charge on any atom is -0.465 e. The van der Waals surface area contributed by atoms with E-state index in [4.69, 9.17) is 19.4 Å². The zero-order chi connectivity index (χ0) is 52.1. The number of piperidine rings is 1. The lowest BCUT2D eigenvalue weighted by molar-refractivity contribution is -0.137. The summed E-state index contributed by atoms with van der Waals surface area (Å²) in [6.45, 7) is 3.37. The van der Waals surface area contributed by atoms with Gasteiger partial charge in [0.1, 0.15) is 41.1 Å². The summed E-state index contributed by atoms with van der Waals surface area (Å²) in [7, 11) is 0. The van der Waals surface area contributed by atoms with Crippen molar-refractivity contribution < 1.29 is 56.4 Å². The van der Waals surface area contributed by atoms with Crippen LogP contribution in [0.2, 0.25) is 0 Å². The van der Waals surface area contributed by atoms with Crippen LogP contribution in [0.1, 0.15) is 130 Å². The molecule has 4 amide bonds. The van der Waals surface area contributed by atoms with Gasteiger partial charge in [0.2, 0.25) is 11.8 Å². The number of rotatable bonds is 12. The van der Waals surface area contributed by atoms with Crippen molar-refractivity contribution in [2.24, 2.45) is 11.8 Å². The second kappa shape index (κ2) is 21.2. The average Bonchev–Trinajstić information content (AvgIpc) is 4.27. The van der Waals surface area contributed by atoms with E-state index in [1.165, 1.54) is 24.3 Å². The first-order valence-electron chi connectivity index (χ1n) is 26.5. The third-order valence-electron chi connectivity index (χ3n) is 16.6. The molecule has 0 saturated carbocycles. The fraction of sp³-hybridized carbons (Fsp3) is 0.547. The Balaban J connectivity index is 0.924. The molecule has 0 unspecified atom stereocenters. The highest BCUT2D eigenvalue weighted by atomic mass is 19.1. The molecule has 6 N–H and O–H groups in total. The number of carbonyl (C=O) groups is 4. The van der Waals surface area contributed by atoms with Crippen LogP contribution in [0.4, 0.5) is 38.5 Å². The lowest BCUT2D eigenvalue weighted by Gasteiger charge is -2.35. The maximum absolute atomic E-state index is 16.9. The molecule has 0 aliphatic carbocycles. The molecule has 22 heteroatoms. The number of aromatic amines is 2. The number of amides is 4. The zero-order valence-corrected chi connectivity index (χ0v) is 41.5. The van der Waals surface area contributed by atoms with Crippen LogP contribution < -0.4 is 20.4 Å². The quantitative estimate of drug-likeness (QED) is 0.0648. The number of nitrogens with one attached hydrogen (secondary N) is 4. The number of nitrogens with zero attached hydrogens (tertiary/aromatic N) is 6. The Morgan fingerprint density at radius 1 is 0.547 bits per heavy atom. The number of imidazole rings is 2. The molecule has 6 saturated heterocycles. The molecular formula is C53H62F4N10O8. The van der Waals surface area contributed by atoms with Gasteiger partial charge in [-0.05, 0) is 120 Å². The molecule has 11 rings (SSSR count). The molecule has 3 aromatic carbocycles. The molecule has 6 aliphatic heterocycles. The van der Waals surface area contributed by atoms with E-state index < -0.39 is 71.7 Å². The number of benzene rings is 3. The van der Waals surface area contributed by atoms with E-state index >= 15 is 17.6 Å². The molecule has 6 atom stereocenters. The van der Waals surface area contributed by atoms with Crippen molar-refractivity contribution in [1.29, 1.82) is 0 Å². The summed E-state index contributed by atoms with van der Waals surface area (Å²) in [5, 5.41) is 24.3. The second-order valence-electron chi connectivity index (χ2n) is 21.0. The predicted octanol–water partition coefficient (Wildman–Crippen LogP) is 8.52. The summed E-state index contributed by atoms with van der Waals surface area (Å²) in [4.78, 5) is 74.9. The minimum absolute atomic E-state index is 0.0937. The van der Waals surface area contributed by atoms with Crippen molar-refractivity contribution >= 4 is 57.4 Å². The van der Waals surface area contributed by atoms with Crippen LogP contribution in [0.5, 0.6) is 0 Å². The Hall–Kier alpha value is -6.68. The summed E-state index contributed by atoms with van der Waals surface area (Å²) in [5.74, 6) is -3.30. The van der Waals surface area contributed by atoms with Gasteiger partial charge in [-0.1, -0.05) is 0 Å². The van der Waals surface area contributed by atoms with E-state index in [1.54, 1.807) is 31.7 Å². The number of anilines is 2. The molecule has 5 aromatic rings. The minimum atomic E-state index is -1.30. The van der Waals surface area contributed by atoms with Crippen LogP contribution >= 0.6 is 0 Å². The number of fused-ring (bicyclic) bond motifs is 2. The fourth-order valence-electron chi connectivity index (χ4n) is 13.0. The number of ether oxygens (including phenoxy) is 2. The smallest absolute Gasteiger partial charge is 0.405 e. The van der Waals surface area contributed by atoms with Gasteiger partial charge in [0.05, 0.1) is 46.2 Å². The van der Waals surface area contributed by atoms with Crippen LogP contribution in [-0.4, -0.2) is 129 Å². The number of halogens is 4. The van der Waals surface area contributed by atoms with Gasteiger partial charge in [-0.3, -0.25) is 9.59 Å². The number of hydrogen-bond acceptors (Lipinski definition) is 10. The molecule has 0 spiro atoms. The molecule has 0 bridgehead atoms. The van der Waals surface area contributed by atoms with Crippen molar-refractivity contribution in [3.8, 4) is 0 Å². The zero-order valence-electron chi connectivity index (χ0n) is 41.5. The van der Waals surface area contributed by atoms with E-state index in [0.29, 0.717) is 127 Å². The maximum Gasteiger partial charge on any atom is 0.405 e. The standard InChI is InChI=1S/C53H62F4N10O8/c54-33-26-39-37(58-48(60-39)43-6-4-16-65(43)50(68)45(62-52(70)71)28-10-18-74-19-11-28)24-31(33)41-8-9-42(67(41)30-22-35(56)47(36(57)23-30)64-14-2-1-3-15-64)32-25-38-40(27-34(32)55)61-49(59-38)44-7-5-17-66(44)51(69)46(63-53(72)73)29-12-20-75-21-13-29/h22-29,41-46,62-63H,1-21H2,(H,58,60)(H,59,61)(H,70,71)(H,72,73)/t41-,42-,43+,44+,45+,46+/m1/s1. The topological polar surface area (TPSA) is 222 Å². The normalized spacial score (nSPS) is 23.8. The number of carbonyl (C=O) groups excluding carboxylic acids is 2. The van der Waals surface area contributed by atoms with Crippen LogP contribution in [0.25, 0.3) is 22.1 Å². The van der Waals surface area contributed by atoms with E-state index in [2.05, 4.69) is 20.6 Å². The largest absolute Gasteiger partial charge is 0.465 e. The second-order valence-corrected chi connectivity index (χ2v) is 21.0. The summed E-state index contributed by atoms with van der Waals surface area (Å²) in [6, 6.07) is 3.51. The number of carboxylic acid groups (broad SMARTS) is 2. The van der Waals surface area contributed by atoms with Gasteiger partial charge < -0.3 is 59.9 Å². The molecule has 8 heterocycles. The Kier molecular flexibility index (Phi) is 14.2. The Labute approximate surface area is 429 Å². The van der Waals surface area contributed by atoms with Crippen molar-refractivity contribution in [2.75, 3.05) is 62.4 Å². The lowest BCUT2D eigenvalue weighted by Crippen LogP contribution is -2.52. The Morgan fingerprint density at radius 2 is 0.987 bits per heavy atom. The number of hydrogen-bond donors (Lipinski definition) is 6. The average molecular weight is 1040 g/mol. The monoisotopic (exact) mass is 1040 g/mol. The van der Waals surface area contributed by atoms with Crippen molar-refractivity contribution in [3.63, 3.8) is 0 Å². The lowest BCUT2D eigenvalue weighted by atomic mass is 9.90. The van der Waals surface area contributed by atoms with Gasteiger partial charge in [0.15, 0.2) is 11.6 Å². The number of likely N-dealkylation sites (tertiary alicyclic amines) is 2. The first-order chi connectivity index (χ1) is 36.3. The SMILES string of the molecule is O=C(O)N[C@H](C(=O)N1CCC[C@H]1c1nc2cc(F)c([C@H]3CC[C@H](c4cc5[nH]c([C@@H]6CCCN6C(=O)[C@@H](NC(=O)O)C6CCOCC6)nc5cc4F)N3c3cc(F)c(N4CCCCC4)c(F)c3)cc2[nH]1)C1CCOCC1. The number of H-pyrrole nitrogens is 2. The molecule has 0 radical (unpaired) electrons. The molecule has 2 aromatic heterocycles. The summed E-state index contributed by atoms with van der Waals surface area (Å²) in [5.41, 5.74) is 1.77.